The van der Waals surface area contributed by atoms with Gasteiger partial charge in [0.05, 0.1) is 12.2 Å². The molecule has 0 bridgehead atoms. The number of ether oxygens (including phenoxy) is 4. The summed E-state index contributed by atoms with van der Waals surface area (Å²) in [6.45, 7) is 3.82. The summed E-state index contributed by atoms with van der Waals surface area (Å²) in [6, 6.07) is 0. The van der Waals surface area contributed by atoms with Gasteiger partial charge in [-0.3, -0.25) is 0 Å². The van der Waals surface area contributed by atoms with Crippen molar-refractivity contribution in [3.8, 4) is 0 Å². The van der Waals surface area contributed by atoms with Gasteiger partial charge in [-0.05, 0) is 13.8 Å². The second kappa shape index (κ2) is 4.28. The minimum atomic E-state index is -1.08. The van der Waals surface area contributed by atoms with Gasteiger partial charge >= 0.3 is 12.3 Å². The molecule has 1 saturated heterocycles. The average Bonchev–Trinajstić information content (AvgIpc) is 2.09. The van der Waals surface area contributed by atoms with Crippen LogP contribution >= 0.6 is 0 Å². The van der Waals surface area contributed by atoms with E-state index in [0.29, 0.717) is 0 Å². The summed E-state index contributed by atoms with van der Waals surface area (Å²) in [5, 5.41) is 0. The third-order valence-corrected chi connectivity index (χ3v) is 1.50. The fourth-order valence-electron chi connectivity index (χ4n) is 0.844. The molecule has 0 N–H and O–H groups in total. The van der Waals surface area contributed by atoms with Gasteiger partial charge < -0.3 is 18.9 Å². The molecule has 14 heavy (non-hydrogen) atoms. The Morgan fingerprint density at radius 3 is 2.43 bits per heavy atom. The normalized spacial score (nSPS) is 23.0. The van der Waals surface area contributed by atoms with Crippen LogP contribution in [0.4, 0.5) is 9.59 Å². The van der Waals surface area contributed by atoms with Gasteiger partial charge in [-0.2, -0.15) is 0 Å². The average molecular weight is 204 g/mol. The number of hydrogen-bond donors (Lipinski definition) is 0. The zero-order chi connectivity index (χ0) is 10.6. The fraction of sp³-hybridized carbons (Fsp3) is 0.750. The highest BCUT2D eigenvalue weighted by Gasteiger charge is 2.24. The predicted molar refractivity (Wildman–Crippen MR) is 43.8 cm³/mol. The Kier molecular flexibility index (Phi) is 3.29. The summed E-state index contributed by atoms with van der Waals surface area (Å²) in [5.41, 5.74) is -0.608. The third kappa shape index (κ3) is 3.61. The van der Waals surface area contributed by atoms with Crippen LogP contribution in [0.1, 0.15) is 13.8 Å². The molecule has 0 amide bonds. The van der Waals surface area contributed by atoms with E-state index in [1.807, 2.05) is 0 Å². The number of hydrogen-bond acceptors (Lipinski definition) is 6. The Balaban J connectivity index is 2.53. The molecule has 0 saturated carbocycles. The first kappa shape index (κ1) is 10.8. The Bertz CT molecular complexity index is 234. The number of rotatable bonds is 0. The van der Waals surface area contributed by atoms with Crippen LogP contribution in [-0.2, 0) is 18.9 Å². The van der Waals surface area contributed by atoms with Crippen LogP contribution < -0.4 is 0 Å². The van der Waals surface area contributed by atoms with E-state index < -0.39 is 17.9 Å². The van der Waals surface area contributed by atoms with Crippen molar-refractivity contribution in [3.63, 3.8) is 0 Å². The van der Waals surface area contributed by atoms with Crippen LogP contribution in [0.3, 0.4) is 0 Å². The zero-order valence-electron chi connectivity index (χ0n) is 8.07. The van der Waals surface area contributed by atoms with Gasteiger partial charge in [0.25, 0.3) is 0 Å². The third-order valence-electron chi connectivity index (χ3n) is 1.50. The van der Waals surface area contributed by atoms with E-state index in [4.69, 9.17) is 4.74 Å². The maximum absolute atomic E-state index is 10.8. The molecule has 1 fully saturated rings. The Labute approximate surface area is 81.1 Å². The lowest BCUT2D eigenvalue weighted by molar-refractivity contribution is -0.0895. The van der Waals surface area contributed by atoms with E-state index in [0.717, 1.165) is 0 Å². The Morgan fingerprint density at radius 1 is 1.07 bits per heavy atom. The molecule has 80 valence electrons. The molecule has 0 aliphatic carbocycles. The molecule has 0 aromatic rings. The van der Waals surface area contributed by atoms with Crippen molar-refractivity contribution >= 4 is 12.3 Å². The zero-order valence-corrected chi connectivity index (χ0v) is 8.07. The summed E-state index contributed by atoms with van der Waals surface area (Å²) >= 11 is 0. The SMILES string of the molecule is CC1(C)COC(=O)OC(=O)OCCO1. The molecular formula is C8H12O6. The monoisotopic (exact) mass is 204 g/mol. The van der Waals surface area contributed by atoms with Crippen LogP contribution in [-0.4, -0.2) is 37.7 Å². The molecule has 0 aromatic carbocycles. The molecule has 0 atom stereocenters. The summed E-state index contributed by atoms with van der Waals surface area (Å²) in [4.78, 5) is 21.5. The maximum Gasteiger partial charge on any atom is 0.518 e. The van der Waals surface area contributed by atoms with Gasteiger partial charge in [-0.15, -0.1) is 0 Å². The molecule has 1 aliphatic rings. The van der Waals surface area contributed by atoms with Crippen molar-refractivity contribution in [2.45, 2.75) is 19.4 Å². The van der Waals surface area contributed by atoms with E-state index >= 15 is 0 Å². The van der Waals surface area contributed by atoms with Gasteiger partial charge in [0, 0.05) is 0 Å². The molecule has 0 spiro atoms. The van der Waals surface area contributed by atoms with Gasteiger partial charge in [0.15, 0.2) is 0 Å². The number of carbonyl (C=O) groups excluding carboxylic acids is 2. The Hall–Kier alpha value is -1.30. The number of carbonyl (C=O) groups is 2. The molecule has 1 rings (SSSR count). The van der Waals surface area contributed by atoms with Crippen LogP contribution in [0.25, 0.3) is 0 Å². The van der Waals surface area contributed by atoms with Crippen molar-refractivity contribution in [1.82, 2.24) is 0 Å². The van der Waals surface area contributed by atoms with Crippen molar-refractivity contribution in [2.24, 2.45) is 0 Å². The first-order valence-electron chi connectivity index (χ1n) is 4.15. The van der Waals surface area contributed by atoms with Crippen LogP contribution in [0.2, 0.25) is 0 Å². The van der Waals surface area contributed by atoms with Gasteiger partial charge in [0.2, 0.25) is 0 Å². The summed E-state index contributed by atoms with van der Waals surface area (Å²) in [7, 11) is 0. The molecule has 1 aliphatic heterocycles. The molecule has 6 nitrogen and oxygen atoms in total. The molecular weight excluding hydrogens is 192 g/mol. The molecule has 1 heterocycles. The van der Waals surface area contributed by atoms with E-state index in [-0.39, 0.29) is 19.8 Å². The van der Waals surface area contributed by atoms with E-state index in [1.54, 1.807) is 13.8 Å². The molecule has 0 unspecified atom stereocenters. The van der Waals surface area contributed by atoms with Gasteiger partial charge in [0.1, 0.15) is 13.2 Å². The lowest BCUT2D eigenvalue weighted by Gasteiger charge is -2.25. The maximum atomic E-state index is 10.8. The van der Waals surface area contributed by atoms with E-state index in [1.165, 1.54) is 0 Å². The lowest BCUT2D eigenvalue weighted by atomic mass is 10.1. The highest BCUT2D eigenvalue weighted by Crippen LogP contribution is 2.11. The van der Waals surface area contributed by atoms with Crippen LogP contribution in [0, 0.1) is 0 Å². The van der Waals surface area contributed by atoms with Gasteiger partial charge in [-0.1, -0.05) is 0 Å². The second-order valence-corrected chi connectivity index (χ2v) is 3.35. The lowest BCUT2D eigenvalue weighted by Crippen LogP contribution is -2.35. The second-order valence-electron chi connectivity index (χ2n) is 3.35. The molecule has 0 radical (unpaired) electrons. The number of cyclic esters (lactones) is 4. The predicted octanol–water partition coefficient (Wildman–Crippen LogP) is 1.08. The van der Waals surface area contributed by atoms with Crippen LogP contribution in [0.5, 0.6) is 0 Å². The molecule has 0 aromatic heterocycles. The van der Waals surface area contributed by atoms with Gasteiger partial charge in [-0.25, -0.2) is 9.59 Å². The largest absolute Gasteiger partial charge is 0.518 e. The smallest absolute Gasteiger partial charge is 0.431 e. The topological polar surface area (TPSA) is 71.1 Å². The molecule has 6 heteroatoms. The van der Waals surface area contributed by atoms with Crippen LogP contribution in [0.15, 0.2) is 0 Å². The Morgan fingerprint density at radius 2 is 1.71 bits per heavy atom. The summed E-state index contributed by atoms with van der Waals surface area (Å²) in [6.07, 6.45) is -2.15. The quantitative estimate of drug-likeness (QED) is 0.434. The first-order valence-corrected chi connectivity index (χ1v) is 4.15. The van der Waals surface area contributed by atoms with E-state index in [2.05, 4.69) is 14.2 Å². The van der Waals surface area contributed by atoms with Crippen molar-refractivity contribution in [2.75, 3.05) is 19.8 Å². The first-order chi connectivity index (χ1) is 6.49. The van der Waals surface area contributed by atoms with E-state index in [9.17, 15) is 9.59 Å². The van der Waals surface area contributed by atoms with Crippen molar-refractivity contribution in [3.05, 3.63) is 0 Å². The minimum absolute atomic E-state index is 0.0269. The highest BCUT2D eigenvalue weighted by atomic mass is 16.8. The summed E-state index contributed by atoms with van der Waals surface area (Å²) in [5.74, 6) is 0. The standard InChI is InChI=1S/C8H12O6/c1-8(2)5-12-7(10)14-6(9)11-3-4-13-8/h3-5H2,1-2H3. The van der Waals surface area contributed by atoms with Crippen molar-refractivity contribution < 1.29 is 28.5 Å². The minimum Gasteiger partial charge on any atom is -0.431 e. The fourth-order valence-corrected chi connectivity index (χ4v) is 0.844. The highest BCUT2D eigenvalue weighted by molar-refractivity contribution is 5.76. The van der Waals surface area contributed by atoms with Crippen molar-refractivity contribution in [1.29, 1.82) is 0 Å². The summed E-state index contributed by atoms with van der Waals surface area (Å²) < 4.78 is 18.5.